The first-order valence-electron chi connectivity index (χ1n) is 11.3. The standard InChI is InChI=1S/C27H28FN3O3/c1-18-17-22(12-15-30-18)21-5-3-20(4-6-21)19(2)31-16-14-27(34-26(31)33,13-11-25(29)32)23-7-9-24(28)10-8-23/h3-10,12,15,17,19H,11,13-14,16H2,1-2H3,(H2,29,32)/t19-,27+/m0/s1. The topological polar surface area (TPSA) is 85.5 Å². The lowest BCUT2D eigenvalue weighted by molar-refractivity contribution is -0.121. The Morgan fingerprint density at radius 3 is 2.47 bits per heavy atom. The molecular weight excluding hydrogens is 433 g/mol. The molecule has 34 heavy (non-hydrogen) atoms. The van der Waals surface area contributed by atoms with E-state index in [9.17, 15) is 14.0 Å². The number of carbonyl (C=O) groups is 2. The lowest BCUT2D eigenvalue weighted by Gasteiger charge is -2.43. The number of primary amides is 1. The predicted molar refractivity (Wildman–Crippen MR) is 127 cm³/mol. The van der Waals surface area contributed by atoms with Crippen LogP contribution in [0.25, 0.3) is 11.1 Å². The highest BCUT2D eigenvalue weighted by molar-refractivity contribution is 5.74. The van der Waals surface area contributed by atoms with Crippen molar-refractivity contribution in [1.29, 1.82) is 0 Å². The van der Waals surface area contributed by atoms with E-state index in [0.717, 1.165) is 22.4 Å². The van der Waals surface area contributed by atoms with Gasteiger partial charge in [-0.15, -0.1) is 0 Å². The van der Waals surface area contributed by atoms with Gasteiger partial charge in [0, 0.05) is 37.7 Å². The van der Waals surface area contributed by atoms with Crippen molar-refractivity contribution in [1.82, 2.24) is 9.88 Å². The second-order valence-corrected chi connectivity index (χ2v) is 8.76. The maximum Gasteiger partial charge on any atom is 0.411 e. The number of benzene rings is 2. The van der Waals surface area contributed by atoms with E-state index < -0.39 is 17.6 Å². The molecule has 1 saturated heterocycles. The minimum absolute atomic E-state index is 0.0656. The van der Waals surface area contributed by atoms with E-state index in [4.69, 9.17) is 10.5 Å². The smallest absolute Gasteiger partial charge is 0.411 e. The van der Waals surface area contributed by atoms with E-state index in [0.29, 0.717) is 18.5 Å². The zero-order valence-corrected chi connectivity index (χ0v) is 19.3. The third kappa shape index (κ3) is 4.93. The lowest BCUT2D eigenvalue weighted by Crippen LogP contribution is -2.49. The van der Waals surface area contributed by atoms with Crippen LogP contribution < -0.4 is 5.73 Å². The van der Waals surface area contributed by atoms with Crippen molar-refractivity contribution in [2.24, 2.45) is 5.73 Å². The van der Waals surface area contributed by atoms with E-state index in [1.54, 1.807) is 23.2 Å². The van der Waals surface area contributed by atoms with Crippen molar-refractivity contribution in [2.45, 2.75) is 44.8 Å². The SMILES string of the molecule is Cc1cc(-c2ccc([C@H](C)N3CC[C@](CCC(N)=O)(c4ccc(F)cc4)OC3=O)cc2)ccn1. The number of cyclic esters (lactones) is 1. The third-order valence-electron chi connectivity index (χ3n) is 6.51. The molecule has 6 nitrogen and oxygen atoms in total. The summed E-state index contributed by atoms with van der Waals surface area (Å²) in [5.74, 6) is -0.852. The van der Waals surface area contributed by atoms with Gasteiger partial charge in [0.1, 0.15) is 11.4 Å². The summed E-state index contributed by atoms with van der Waals surface area (Å²) in [5.41, 5.74) is 9.11. The van der Waals surface area contributed by atoms with E-state index >= 15 is 0 Å². The van der Waals surface area contributed by atoms with Crippen molar-refractivity contribution in [3.63, 3.8) is 0 Å². The van der Waals surface area contributed by atoms with Crippen LogP contribution in [0.2, 0.25) is 0 Å². The molecule has 0 spiro atoms. The van der Waals surface area contributed by atoms with Crippen LogP contribution in [0.15, 0.2) is 66.9 Å². The van der Waals surface area contributed by atoms with Crippen LogP contribution in [-0.4, -0.2) is 28.4 Å². The molecule has 1 fully saturated rings. The zero-order chi connectivity index (χ0) is 24.3. The minimum Gasteiger partial charge on any atom is -0.438 e. The van der Waals surface area contributed by atoms with Crippen LogP contribution >= 0.6 is 0 Å². The molecule has 2 N–H and O–H groups in total. The maximum absolute atomic E-state index is 13.5. The third-order valence-corrected chi connectivity index (χ3v) is 6.51. The first kappa shape index (κ1) is 23.4. The van der Waals surface area contributed by atoms with E-state index in [1.807, 2.05) is 50.2 Å². The number of nitrogens with zero attached hydrogens (tertiary/aromatic N) is 2. The van der Waals surface area contributed by atoms with Crippen LogP contribution in [0.3, 0.4) is 0 Å². The van der Waals surface area contributed by atoms with Gasteiger partial charge < -0.3 is 15.4 Å². The first-order chi connectivity index (χ1) is 16.3. The summed E-state index contributed by atoms with van der Waals surface area (Å²) in [5, 5.41) is 0. The molecule has 1 aliphatic heterocycles. The average Bonchev–Trinajstić information content (AvgIpc) is 2.83. The van der Waals surface area contributed by atoms with Crippen LogP contribution in [0.1, 0.15) is 49.0 Å². The van der Waals surface area contributed by atoms with Gasteiger partial charge in [-0.2, -0.15) is 0 Å². The van der Waals surface area contributed by atoms with E-state index in [1.165, 1.54) is 12.1 Å². The summed E-state index contributed by atoms with van der Waals surface area (Å²) in [6.45, 7) is 4.35. The van der Waals surface area contributed by atoms with Gasteiger partial charge in [0.25, 0.3) is 0 Å². The van der Waals surface area contributed by atoms with Crippen molar-refractivity contribution in [3.8, 4) is 11.1 Å². The molecule has 2 atom stereocenters. The summed E-state index contributed by atoms with van der Waals surface area (Å²) in [6.07, 6.45) is 2.10. The Hall–Kier alpha value is -3.74. The van der Waals surface area contributed by atoms with Crippen molar-refractivity contribution < 1.29 is 18.7 Å². The van der Waals surface area contributed by atoms with E-state index in [-0.39, 0.29) is 24.7 Å². The summed E-state index contributed by atoms with van der Waals surface area (Å²) < 4.78 is 19.4. The summed E-state index contributed by atoms with van der Waals surface area (Å²) >= 11 is 0. The molecule has 0 bridgehead atoms. The number of aryl methyl sites for hydroxylation is 1. The van der Waals surface area contributed by atoms with Gasteiger partial charge >= 0.3 is 6.09 Å². The molecule has 176 valence electrons. The Labute approximate surface area is 198 Å². The molecule has 7 heteroatoms. The van der Waals surface area contributed by atoms with Crippen molar-refractivity contribution >= 4 is 12.0 Å². The molecule has 1 aromatic heterocycles. The highest BCUT2D eigenvalue weighted by Gasteiger charge is 2.43. The molecule has 2 heterocycles. The molecule has 1 aliphatic rings. The van der Waals surface area contributed by atoms with Gasteiger partial charge in [0.15, 0.2) is 0 Å². The average molecular weight is 462 g/mol. The Morgan fingerprint density at radius 1 is 1.15 bits per heavy atom. The molecule has 0 radical (unpaired) electrons. The zero-order valence-electron chi connectivity index (χ0n) is 19.3. The fourth-order valence-corrected chi connectivity index (χ4v) is 4.48. The Balaban J connectivity index is 1.52. The van der Waals surface area contributed by atoms with Gasteiger partial charge in [0.05, 0.1) is 6.04 Å². The molecule has 3 aromatic rings. The van der Waals surface area contributed by atoms with Gasteiger partial charge in [0.2, 0.25) is 5.91 Å². The second-order valence-electron chi connectivity index (χ2n) is 8.76. The monoisotopic (exact) mass is 461 g/mol. The number of nitrogens with two attached hydrogens (primary N) is 1. The summed E-state index contributed by atoms with van der Waals surface area (Å²) in [4.78, 5) is 30.5. The fourth-order valence-electron chi connectivity index (χ4n) is 4.48. The van der Waals surface area contributed by atoms with Crippen LogP contribution in [0.4, 0.5) is 9.18 Å². The molecule has 0 saturated carbocycles. The molecular formula is C27H28FN3O3. The molecule has 0 unspecified atom stereocenters. The van der Waals surface area contributed by atoms with Gasteiger partial charge in [-0.1, -0.05) is 36.4 Å². The largest absolute Gasteiger partial charge is 0.438 e. The highest BCUT2D eigenvalue weighted by Crippen LogP contribution is 2.40. The number of ether oxygens (including phenoxy) is 1. The maximum atomic E-state index is 13.5. The number of carbonyl (C=O) groups excluding carboxylic acids is 2. The molecule has 2 aromatic carbocycles. The Bertz CT molecular complexity index is 1180. The number of hydrogen-bond donors (Lipinski definition) is 1. The normalized spacial score (nSPS) is 18.9. The minimum atomic E-state index is -1.01. The number of amides is 2. The van der Waals surface area contributed by atoms with Gasteiger partial charge in [-0.05, 0) is 60.4 Å². The van der Waals surface area contributed by atoms with Gasteiger partial charge in [-0.25, -0.2) is 9.18 Å². The molecule has 4 rings (SSSR count). The number of halogens is 1. The quantitative estimate of drug-likeness (QED) is 0.520. The van der Waals surface area contributed by atoms with Crippen molar-refractivity contribution in [2.75, 3.05) is 6.54 Å². The highest BCUT2D eigenvalue weighted by atomic mass is 19.1. The molecule has 0 aliphatic carbocycles. The number of aromatic nitrogens is 1. The number of hydrogen-bond acceptors (Lipinski definition) is 4. The summed E-state index contributed by atoms with van der Waals surface area (Å²) in [6, 6.07) is 17.7. The molecule has 2 amide bonds. The van der Waals surface area contributed by atoms with Crippen molar-refractivity contribution in [3.05, 3.63) is 89.5 Å². The van der Waals surface area contributed by atoms with Crippen LogP contribution in [0.5, 0.6) is 0 Å². The lowest BCUT2D eigenvalue weighted by atomic mass is 9.84. The predicted octanol–water partition coefficient (Wildman–Crippen LogP) is 5.26. The summed E-state index contributed by atoms with van der Waals surface area (Å²) in [7, 11) is 0. The number of pyridine rings is 1. The van der Waals surface area contributed by atoms with Crippen LogP contribution in [0, 0.1) is 12.7 Å². The van der Waals surface area contributed by atoms with Gasteiger partial charge in [-0.3, -0.25) is 9.78 Å². The Morgan fingerprint density at radius 2 is 1.85 bits per heavy atom. The van der Waals surface area contributed by atoms with E-state index in [2.05, 4.69) is 4.98 Å². The second kappa shape index (κ2) is 9.63. The van der Waals surface area contributed by atoms with Crippen LogP contribution in [-0.2, 0) is 15.1 Å². The number of rotatable bonds is 7. The Kier molecular flexibility index (Phi) is 6.63. The fraction of sp³-hybridized carbons (Fsp3) is 0.296. The first-order valence-corrected chi connectivity index (χ1v) is 11.3.